The van der Waals surface area contributed by atoms with E-state index in [9.17, 15) is 14.4 Å². The second-order valence-corrected chi connectivity index (χ2v) is 7.17. The van der Waals surface area contributed by atoms with Crippen LogP contribution in [-0.2, 0) is 11.3 Å². The zero-order valence-electron chi connectivity index (χ0n) is 16.7. The van der Waals surface area contributed by atoms with Gasteiger partial charge in [-0.3, -0.25) is 9.59 Å². The van der Waals surface area contributed by atoms with Gasteiger partial charge in [-0.2, -0.15) is 0 Å². The molecule has 0 aliphatic carbocycles. The largest absolute Gasteiger partial charge is 0.345 e. The lowest BCUT2D eigenvalue weighted by Gasteiger charge is -2.18. The smallest absolute Gasteiger partial charge is 0.317 e. The van der Waals surface area contributed by atoms with Gasteiger partial charge in [-0.05, 0) is 23.8 Å². The first-order chi connectivity index (χ1) is 13.8. The Bertz CT molecular complexity index is 871. The Hall–Kier alpha value is -3.06. The van der Waals surface area contributed by atoms with Crippen molar-refractivity contribution < 1.29 is 14.4 Å². The van der Waals surface area contributed by atoms with Gasteiger partial charge in [0, 0.05) is 46.3 Å². The van der Waals surface area contributed by atoms with Crippen molar-refractivity contribution in [2.24, 2.45) is 0 Å². The fourth-order valence-electron chi connectivity index (χ4n) is 2.58. The van der Waals surface area contributed by atoms with Crippen molar-refractivity contribution in [1.82, 2.24) is 15.1 Å². The highest BCUT2D eigenvalue weighted by Gasteiger charge is 2.14. The summed E-state index contributed by atoms with van der Waals surface area (Å²) in [7, 11) is 4.95. The first-order valence-electron chi connectivity index (χ1n) is 9.12. The third-order valence-corrected chi connectivity index (χ3v) is 4.45. The second kappa shape index (κ2) is 10.5. The molecule has 0 aliphatic rings. The highest BCUT2D eigenvalue weighted by atomic mass is 35.5. The zero-order valence-corrected chi connectivity index (χ0v) is 17.5. The van der Waals surface area contributed by atoms with Crippen LogP contribution in [0.1, 0.15) is 22.3 Å². The van der Waals surface area contributed by atoms with Crippen LogP contribution < -0.4 is 10.6 Å². The molecular formula is C21H25ClN4O3. The summed E-state index contributed by atoms with van der Waals surface area (Å²) in [5, 5.41) is 5.75. The Labute approximate surface area is 175 Å². The van der Waals surface area contributed by atoms with Crippen molar-refractivity contribution in [2.45, 2.75) is 13.0 Å². The summed E-state index contributed by atoms with van der Waals surface area (Å²) < 4.78 is 0. The molecule has 2 N–H and O–H groups in total. The third kappa shape index (κ3) is 6.80. The Kier molecular flexibility index (Phi) is 8.03. The molecule has 7 nitrogen and oxygen atoms in total. The standard InChI is InChI=1S/C21H25ClN4O3/c1-25(2)20(28)17-13-16(9-10-18(17)22)24-19(27)11-12-23-21(29)26(3)14-15-7-5-4-6-8-15/h4-10,13H,11-12,14H2,1-3H3,(H,23,29)(H,24,27). The molecule has 8 heteroatoms. The molecule has 0 atom stereocenters. The molecule has 0 fully saturated rings. The van der Waals surface area contributed by atoms with Crippen molar-refractivity contribution in [1.29, 1.82) is 0 Å². The highest BCUT2D eigenvalue weighted by molar-refractivity contribution is 6.34. The van der Waals surface area contributed by atoms with Gasteiger partial charge in [0.25, 0.3) is 5.91 Å². The van der Waals surface area contributed by atoms with Gasteiger partial charge in [0.1, 0.15) is 0 Å². The van der Waals surface area contributed by atoms with Gasteiger partial charge in [0.05, 0.1) is 10.6 Å². The van der Waals surface area contributed by atoms with Crippen LogP contribution in [-0.4, -0.2) is 55.3 Å². The molecule has 2 aromatic rings. The normalized spacial score (nSPS) is 10.2. The number of carbonyl (C=O) groups excluding carboxylic acids is 3. The van der Waals surface area contributed by atoms with Crippen molar-refractivity contribution in [3.63, 3.8) is 0 Å². The fourth-order valence-corrected chi connectivity index (χ4v) is 2.78. The van der Waals surface area contributed by atoms with Crippen molar-refractivity contribution >= 4 is 35.1 Å². The van der Waals surface area contributed by atoms with Crippen LogP contribution in [0.15, 0.2) is 48.5 Å². The first-order valence-corrected chi connectivity index (χ1v) is 9.49. The van der Waals surface area contributed by atoms with Gasteiger partial charge in [0.15, 0.2) is 0 Å². The summed E-state index contributed by atoms with van der Waals surface area (Å²) >= 11 is 6.07. The van der Waals surface area contributed by atoms with Gasteiger partial charge in [0.2, 0.25) is 5.91 Å². The van der Waals surface area contributed by atoms with Crippen molar-refractivity contribution in [3.05, 3.63) is 64.7 Å². The van der Waals surface area contributed by atoms with Crippen LogP contribution in [0.4, 0.5) is 10.5 Å². The van der Waals surface area contributed by atoms with Crippen LogP contribution in [0.5, 0.6) is 0 Å². The predicted molar refractivity (Wildman–Crippen MR) is 114 cm³/mol. The number of carbonyl (C=O) groups is 3. The predicted octanol–water partition coefficient (Wildman–Crippen LogP) is 3.21. The van der Waals surface area contributed by atoms with Crippen LogP contribution in [0.25, 0.3) is 0 Å². The maximum Gasteiger partial charge on any atom is 0.317 e. The molecule has 4 amide bonds. The van der Waals surface area contributed by atoms with Gasteiger partial charge >= 0.3 is 6.03 Å². The number of urea groups is 1. The number of anilines is 1. The van der Waals surface area contributed by atoms with Crippen LogP contribution in [0.2, 0.25) is 5.02 Å². The molecule has 0 saturated heterocycles. The topological polar surface area (TPSA) is 81.8 Å². The van der Waals surface area contributed by atoms with E-state index < -0.39 is 0 Å². The molecule has 0 aromatic heterocycles. The number of halogens is 1. The molecule has 0 aliphatic heterocycles. The SMILES string of the molecule is CN(C)C(=O)c1cc(NC(=O)CCNC(=O)N(C)Cc2ccccc2)ccc1Cl. The van der Waals surface area contributed by atoms with E-state index in [4.69, 9.17) is 11.6 Å². The minimum absolute atomic E-state index is 0.102. The average molecular weight is 417 g/mol. The van der Waals surface area contributed by atoms with Crippen LogP contribution in [0, 0.1) is 0 Å². The minimum atomic E-state index is -0.276. The summed E-state index contributed by atoms with van der Waals surface area (Å²) in [5.74, 6) is -0.526. The van der Waals surface area contributed by atoms with E-state index in [0.29, 0.717) is 22.8 Å². The zero-order chi connectivity index (χ0) is 21.4. The number of nitrogens with zero attached hydrogens (tertiary/aromatic N) is 2. The molecule has 0 unspecified atom stereocenters. The van der Waals surface area contributed by atoms with Crippen LogP contribution in [0.3, 0.4) is 0 Å². The van der Waals surface area contributed by atoms with E-state index in [1.165, 1.54) is 11.0 Å². The highest BCUT2D eigenvalue weighted by Crippen LogP contribution is 2.21. The fraction of sp³-hybridized carbons (Fsp3) is 0.286. The Morgan fingerprint density at radius 1 is 1.00 bits per heavy atom. The van der Waals surface area contributed by atoms with E-state index in [2.05, 4.69) is 10.6 Å². The lowest BCUT2D eigenvalue weighted by molar-refractivity contribution is -0.116. The molecule has 0 radical (unpaired) electrons. The third-order valence-electron chi connectivity index (χ3n) is 4.12. The summed E-state index contributed by atoms with van der Waals surface area (Å²) in [6.45, 7) is 0.674. The van der Waals surface area contributed by atoms with E-state index in [0.717, 1.165) is 5.56 Å². The van der Waals surface area contributed by atoms with Gasteiger partial charge < -0.3 is 20.4 Å². The summed E-state index contributed by atoms with van der Waals surface area (Å²) in [5.41, 5.74) is 1.80. The number of benzene rings is 2. The molecule has 0 heterocycles. The molecule has 2 rings (SSSR count). The van der Waals surface area contributed by atoms with Gasteiger partial charge in [-0.15, -0.1) is 0 Å². The number of rotatable bonds is 7. The quantitative estimate of drug-likeness (QED) is 0.727. The van der Waals surface area contributed by atoms with E-state index >= 15 is 0 Å². The summed E-state index contributed by atoms with van der Waals surface area (Å²) in [6, 6.07) is 14.1. The maximum atomic E-state index is 12.2. The summed E-state index contributed by atoms with van der Waals surface area (Å²) in [4.78, 5) is 39.4. The van der Waals surface area contributed by atoms with Gasteiger partial charge in [-0.25, -0.2) is 4.79 Å². The van der Waals surface area contributed by atoms with Crippen molar-refractivity contribution in [3.8, 4) is 0 Å². The molecule has 154 valence electrons. The molecule has 0 saturated carbocycles. The second-order valence-electron chi connectivity index (χ2n) is 6.77. The average Bonchev–Trinajstić information content (AvgIpc) is 2.69. The Morgan fingerprint density at radius 2 is 1.69 bits per heavy atom. The van der Waals surface area contributed by atoms with E-state index in [1.807, 2.05) is 30.3 Å². The first kappa shape index (κ1) is 22.2. The van der Waals surface area contributed by atoms with E-state index in [-0.39, 0.29) is 30.8 Å². The molecule has 0 bridgehead atoms. The Balaban J connectivity index is 1.82. The van der Waals surface area contributed by atoms with Crippen LogP contribution >= 0.6 is 11.6 Å². The number of hydrogen-bond acceptors (Lipinski definition) is 3. The molecule has 0 spiro atoms. The monoisotopic (exact) mass is 416 g/mol. The number of hydrogen-bond donors (Lipinski definition) is 2. The minimum Gasteiger partial charge on any atom is -0.345 e. The lowest BCUT2D eigenvalue weighted by Crippen LogP contribution is -2.38. The molecule has 29 heavy (non-hydrogen) atoms. The number of amides is 4. The maximum absolute atomic E-state index is 12.2. The lowest BCUT2D eigenvalue weighted by atomic mass is 10.1. The Morgan fingerprint density at radius 3 is 2.34 bits per heavy atom. The van der Waals surface area contributed by atoms with E-state index in [1.54, 1.807) is 38.2 Å². The molecule has 2 aromatic carbocycles. The number of nitrogens with one attached hydrogen (secondary N) is 2. The molecular weight excluding hydrogens is 392 g/mol. The van der Waals surface area contributed by atoms with Gasteiger partial charge in [-0.1, -0.05) is 41.9 Å². The van der Waals surface area contributed by atoms with Crippen molar-refractivity contribution in [2.75, 3.05) is 33.0 Å². The summed E-state index contributed by atoms with van der Waals surface area (Å²) in [6.07, 6.45) is 0.102.